The van der Waals surface area contributed by atoms with E-state index >= 15 is 0 Å². The maximum Gasteiger partial charge on any atom is 0.138 e. The van der Waals surface area contributed by atoms with Gasteiger partial charge < -0.3 is 13.4 Å². The molecule has 0 aliphatic rings. The molecular weight excluding hydrogens is 695 g/mol. The Kier molecular flexibility index (Phi) is 6.16. The van der Waals surface area contributed by atoms with Gasteiger partial charge in [-0.15, -0.1) is 0 Å². The van der Waals surface area contributed by atoms with Crippen molar-refractivity contribution in [2.45, 2.75) is 0 Å². The number of hydrogen-bond donors (Lipinski definition) is 0. The summed E-state index contributed by atoms with van der Waals surface area (Å²) >= 11 is 0. The lowest BCUT2D eigenvalue weighted by Crippen LogP contribution is -1.95. The first-order valence-electron chi connectivity index (χ1n) is 19.5. The first-order chi connectivity index (χ1) is 28.2. The summed E-state index contributed by atoms with van der Waals surface area (Å²) in [5, 5.41) is 14.6. The Morgan fingerprint density at radius 3 is 1.53 bits per heavy atom. The number of furan rings is 2. The molecule has 0 aliphatic heterocycles. The molecule has 3 aromatic heterocycles. The second kappa shape index (κ2) is 11.5. The van der Waals surface area contributed by atoms with Crippen LogP contribution in [0.25, 0.3) is 126 Å². The van der Waals surface area contributed by atoms with Gasteiger partial charge in [0.15, 0.2) is 0 Å². The molecule has 10 aromatic carbocycles. The van der Waals surface area contributed by atoms with Crippen molar-refractivity contribution in [3.63, 3.8) is 0 Å². The van der Waals surface area contributed by atoms with Gasteiger partial charge in [-0.25, -0.2) is 0 Å². The van der Waals surface area contributed by atoms with Crippen LogP contribution in [0.4, 0.5) is 0 Å². The lowest BCUT2D eigenvalue weighted by atomic mass is 9.92. The molecule has 3 nitrogen and oxygen atoms in total. The highest BCUT2D eigenvalue weighted by molar-refractivity contribution is 6.26. The highest BCUT2D eigenvalue weighted by Gasteiger charge is 2.20. The monoisotopic (exact) mass is 725 g/mol. The average molecular weight is 726 g/mol. The largest absolute Gasteiger partial charge is 0.456 e. The first kappa shape index (κ1) is 30.7. The van der Waals surface area contributed by atoms with Crippen LogP contribution in [0, 0.1) is 0 Å². The van der Waals surface area contributed by atoms with Crippen molar-refractivity contribution in [2.75, 3.05) is 0 Å². The molecule has 0 N–H and O–H groups in total. The summed E-state index contributed by atoms with van der Waals surface area (Å²) in [6.45, 7) is 0. The molecule has 0 unspecified atom stereocenters. The van der Waals surface area contributed by atoms with E-state index in [1.54, 1.807) is 0 Å². The molecule has 0 saturated heterocycles. The topological polar surface area (TPSA) is 31.2 Å². The minimum Gasteiger partial charge on any atom is -0.456 e. The summed E-state index contributed by atoms with van der Waals surface area (Å²) in [5.41, 5.74) is 11.4. The molecule has 0 amide bonds. The molecule has 3 heterocycles. The Bertz CT molecular complexity index is 3780. The van der Waals surface area contributed by atoms with Crippen LogP contribution < -0.4 is 0 Å². The summed E-state index contributed by atoms with van der Waals surface area (Å²) in [6.07, 6.45) is 0. The third-order valence-corrected chi connectivity index (χ3v) is 12.2. The van der Waals surface area contributed by atoms with Crippen molar-refractivity contribution < 1.29 is 8.83 Å². The van der Waals surface area contributed by atoms with Gasteiger partial charge >= 0.3 is 0 Å². The van der Waals surface area contributed by atoms with Gasteiger partial charge in [0.25, 0.3) is 0 Å². The van der Waals surface area contributed by atoms with E-state index in [1.165, 1.54) is 54.2 Å². The predicted molar refractivity (Wildman–Crippen MR) is 239 cm³/mol. The standard InChI is InChI=1S/C54H31NO2/c1-2-13-38-36(11-1)37-12-3-4-14-39(37)46-27-32(21-24-40(38)46)33-23-26-49-47(28-33)41-15-5-8-18-48(41)55(49)35-30-45(54-44-17-7-10-20-51(44)57-53(54)31-35)34-22-25-43-42-16-6-9-19-50(42)56-52(43)29-34/h1-31H. The Hall–Kier alpha value is -7.62. The van der Waals surface area contributed by atoms with E-state index in [-0.39, 0.29) is 0 Å². The maximum atomic E-state index is 6.65. The number of nitrogens with zero attached hydrogens (tertiary/aromatic N) is 1. The number of hydrogen-bond acceptors (Lipinski definition) is 2. The van der Waals surface area contributed by atoms with Gasteiger partial charge in [-0.3, -0.25) is 0 Å². The van der Waals surface area contributed by atoms with Crippen molar-refractivity contribution in [2.24, 2.45) is 0 Å². The van der Waals surface area contributed by atoms with E-state index in [4.69, 9.17) is 8.83 Å². The fourth-order valence-corrected chi connectivity index (χ4v) is 9.61. The molecule has 3 heteroatoms. The highest BCUT2D eigenvalue weighted by Crippen LogP contribution is 2.43. The van der Waals surface area contributed by atoms with Crippen molar-refractivity contribution in [1.29, 1.82) is 0 Å². The van der Waals surface area contributed by atoms with Crippen molar-refractivity contribution >= 4 is 98.0 Å². The first-order valence-corrected chi connectivity index (χ1v) is 19.5. The molecule has 13 rings (SSSR count). The lowest BCUT2D eigenvalue weighted by molar-refractivity contribution is 0.668. The molecule has 264 valence electrons. The van der Waals surface area contributed by atoms with Gasteiger partial charge in [-0.05, 0) is 109 Å². The van der Waals surface area contributed by atoms with Crippen LogP contribution in [0.3, 0.4) is 0 Å². The molecule has 0 fully saturated rings. The number of benzene rings is 10. The fourth-order valence-electron chi connectivity index (χ4n) is 9.61. The van der Waals surface area contributed by atoms with Crippen LogP contribution in [0.5, 0.6) is 0 Å². The molecule has 0 atom stereocenters. The second-order valence-corrected chi connectivity index (χ2v) is 15.2. The number of fused-ring (bicyclic) bond motifs is 15. The molecular formula is C54H31NO2. The van der Waals surface area contributed by atoms with E-state index in [9.17, 15) is 0 Å². The molecule has 13 aromatic rings. The molecule has 57 heavy (non-hydrogen) atoms. The normalized spacial score (nSPS) is 12.2. The highest BCUT2D eigenvalue weighted by atomic mass is 16.3. The number of para-hydroxylation sites is 3. The summed E-state index contributed by atoms with van der Waals surface area (Å²) < 4.78 is 15.4. The third kappa shape index (κ3) is 4.37. The van der Waals surface area contributed by atoms with Crippen LogP contribution in [-0.4, -0.2) is 4.57 Å². The van der Waals surface area contributed by atoms with Gasteiger partial charge in [0.1, 0.15) is 22.3 Å². The summed E-state index contributed by atoms with van der Waals surface area (Å²) in [7, 11) is 0. The second-order valence-electron chi connectivity index (χ2n) is 15.2. The fraction of sp³-hybridized carbons (Fsp3) is 0. The van der Waals surface area contributed by atoms with Gasteiger partial charge in [0.2, 0.25) is 0 Å². The molecule has 0 aliphatic carbocycles. The summed E-state index contributed by atoms with van der Waals surface area (Å²) in [6, 6.07) is 67.9. The third-order valence-electron chi connectivity index (χ3n) is 12.2. The molecule has 0 saturated carbocycles. The van der Waals surface area contributed by atoms with Crippen molar-refractivity contribution in [3.05, 3.63) is 188 Å². The smallest absolute Gasteiger partial charge is 0.138 e. The van der Waals surface area contributed by atoms with E-state index < -0.39 is 0 Å². The number of aromatic nitrogens is 1. The van der Waals surface area contributed by atoms with Crippen molar-refractivity contribution in [1.82, 2.24) is 4.57 Å². The Labute approximate surface area is 326 Å². The predicted octanol–water partition coefficient (Wildman–Crippen LogP) is 15.4. The van der Waals surface area contributed by atoms with Crippen LogP contribution in [0.1, 0.15) is 0 Å². The molecule has 0 spiro atoms. The zero-order chi connectivity index (χ0) is 37.2. The Morgan fingerprint density at radius 1 is 0.281 bits per heavy atom. The molecule has 0 bridgehead atoms. The van der Waals surface area contributed by atoms with E-state index in [2.05, 4.69) is 174 Å². The molecule has 0 radical (unpaired) electrons. The minimum atomic E-state index is 0.854. The summed E-state index contributed by atoms with van der Waals surface area (Å²) in [4.78, 5) is 0. The van der Waals surface area contributed by atoms with E-state index in [1.807, 2.05) is 18.2 Å². The van der Waals surface area contributed by atoms with Gasteiger partial charge in [-0.1, -0.05) is 127 Å². The average Bonchev–Trinajstić information content (AvgIpc) is 3.95. The lowest BCUT2D eigenvalue weighted by Gasteiger charge is -2.13. The number of rotatable bonds is 3. The zero-order valence-corrected chi connectivity index (χ0v) is 30.7. The van der Waals surface area contributed by atoms with Crippen LogP contribution in [-0.2, 0) is 0 Å². The Morgan fingerprint density at radius 2 is 0.772 bits per heavy atom. The van der Waals surface area contributed by atoms with Crippen LogP contribution in [0.15, 0.2) is 197 Å². The van der Waals surface area contributed by atoms with Gasteiger partial charge in [-0.2, -0.15) is 0 Å². The maximum absolute atomic E-state index is 6.65. The zero-order valence-electron chi connectivity index (χ0n) is 30.7. The van der Waals surface area contributed by atoms with E-state index in [0.29, 0.717) is 0 Å². The SMILES string of the molecule is c1ccc2c(c1)oc1cc(-c3cc(-n4c5ccccc5c5cc(-c6ccc7c8ccccc8c8ccccc8c7c6)ccc54)cc4oc5ccccc5c34)ccc12. The van der Waals surface area contributed by atoms with Gasteiger partial charge in [0.05, 0.1) is 16.7 Å². The van der Waals surface area contributed by atoms with Crippen LogP contribution >= 0.6 is 0 Å². The Balaban J connectivity index is 1.04. The van der Waals surface area contributed by atoms with Crippen LogP contribution in [0.2, 0.25) is 0 Å². The van der Waals surface area contributed by atoms with Crippen molar-refractivity contribution in [3.8, 4) is 27.9 Å². The van der Waals surface area contributed by atoms with Gasteiger partial charge in [0, 0.05) is 38.4 Å². The summed E-state index contributed by atoms with van der Waals surface area (Å²) in [5.74, 6) is 0. The van der Waals surface area contributed by atoms with E-state index in [0.717, 1.165) is 71.7 Å². The quantitative estimate of drug-likeness (QED) is 0.170. The minimum absolute atomic E-state index is 0.854.